The largest absolute Gasteiger partial charge is 0.330 e. The molecule has 4 fully saturated rings. The Labute approximate surface area is 212 Å². The standard InChI is InChI=1S/C30H50F2O3/c1-2-3-4-5-18-33-30-34-20-28(21-35-30)27-16-14-26(15-17-27)25-12-10-24(11-13-25)23-8-6-22(7-9-23)19-29(31)32/h19,22-28,30H,2-18,20-21H2,1H3. The summed E-state index contributed by atoms with van der Waals surface area (Å²) in [7, 11) is 0. The van der Waals surface area contributed by atoms with E-state index in [9.17, 15) is 8.78 Å². The fourth-order valence-electron chi connectivity index (χ4n) is 7.71. The Morgan fingerprint density at radius 1 is 0.657 bits per heavy atom. The minimum Gasteiger partial charge on any atom is -0.330 e. The number of rotatable bonds is 10. The number of halogens is 2. The molecule has 35 heavy (non-hydrogen) atoms. The Hall–Kier alpha value is -0.520. The van der Waals surface area contributed by atoms with Crippen LogP contribution in [0.4, 0.5) is 8.78 Å². The first kappa shape index (κ1) is 27.5. The molecule has 0 aromatic rings. The average molecular weight is 497 g/mol. The summed E-state index contributed by atoms with van der Waals surface area (Å²) in [5, 5.41) is 0. The first-order chi connectivity index (χ1) is 17.1. The van der Waals surface area contributed by atoms with E-state index in [0.717, 1.165) is 81.5 Å². The normalized spacial score (nSPS) is 38.7. The van der Waals surface area contributed by atoms with E-state index >= 15 is 0 Å². The summed E-state index contributed by atoms with van der Waals surface area (Å²) in [6.45, 7) is 4.09. The molecule has 0 bridgehead atoms. The predicted molar refractivity (Wildman–Crippen MR) is 136 cm³/mol. The molecule has 1 heterocycles. The van der Waals surface area contributed by atoms with Gasteiger partial charge in [-0.3, -0.25) is 0 Å². The second-order valence-corrected chi connectivity index (χ2v) is 12.1. The highest BCUT2D eigenvalue weighted by Crippen LogP contribution is 2.47. The molecule has 0 amide bonds. The molecule has 1 saturated heterocycles. The summed E-state index contributed by atoms with van der Waals surface area (Å²) >= 11 is 0. The quantitative estimate of drug-likeness (QED) is 0.283. The minimum atomic E-state index is -1.49. The van der Waals surface area contributed by atoms with Crippen molar-refractivity contribution in [2.45, 2.75) is 116 Å². The second kappa shape index (κ2) is 14.4. The van der Waals surface area contributed by atoms with Crippen LogP contribution < -0.4 is 0 Å². The molecule has 4 rings (SSSR count). The fourth-order valence-corrected chi connectivity index (χ4v) is 7.71. The molecule has 3 saturated carbocycles. The molecule has 0 aromatic carbocycles. The van der Waals surface area contributed by atoms with Gasteiger partial charge < -0.3 is 14.2 Å². The van der Waals surface area contributed by atoms with Crippen LogP contribution in [-0.2, 0) is 14.2 Å². The molecule has 3 nitrogen and oxygen atoms in total. The highest BCUT2D eigenvalue weighted by molar-refractivity contribution is 4.93. The van der Waals surface area contributed by atoms with Crippen LogP contribution in [0, 0.1) is 41.4 Å². The molecule has 202 valence electrons. The Morgan fingerprint density at radius 3 is 1.57 bits per heavy atom. The van der Waals surface area contributed by atoms with Gasteiger partial charge in [0, 0.05) is 5.92 Å². The molecule has 1 aliphatic heterocycles. The van der Waals surface area contributed by atoms with Crippen LogP contribution in [0.25, 0.3) is 0 Å². The molecule has 3 aliphatic carbocycles. The van der Waals surface area contributed by atoms with E-state index in [0.29, 0.717) is 5.92 Å². The number of hydrogen-bond donors (Lipinski definition) is 0. The molecule has 0 radical (unpaired) electrons. The van der Waals surface area contributed by atoms with Crippen molar-refractivity contribution in [3.63, 3.8) is 0 Å². The van der Waals surface area contributed by atoms with Crippen molar-refractivity contribution in [3.05, 3.63) is 12.2 Å². The zero-order valence-electron chi connectivity index (χ0n) is 22.1. The number of allylic oxidation sites excluding steroid dienone is 1. The van der Waals surface area contributed by atoms with E-state index in [1.165, 1.54) is 76.7 Å². The first-order valence-electron chi connectivity index (χ1n) is 15.0. The van der Waals surface area contributed by atoms with E-state index in [1.54, 1.807) is 0 Å². The maximum absolute atomic E-state index is 12.6. The Balaban J connectivity index is 1.08. The molecular formula is C30H50F2O3. The third-order valence-corrected chi connectivity index (χ3v) is 9.96. The summed E-state index contributed by atoms with van der Waals surface area (Å²) in [5.74, 6) is 4.85. The molecule has 0 unspecified atom stereocenters. The third kappa shape index (κ3) is 8.50. The molecule has 0 atom stereocenters. The van der Waals surface area contributed by atoms with Crippen LogP contribution in [0.1, 0.15) is 110 Å². The van der Waals surface area contributed by atoms with Crippen LogP contribution in [-0.4, -0.2) is 26.3 Å². The van der Waals surface area contributed by atoms with Crippen molar-refractivity contribution in [2.75, 3.05) is 19.8 Å². The van der Waals surface area contributed by atoms with Crippen molar-refractivity contribution in [2.24, 2.45) is 41.4 Å². The summed E-state index contributed by atoms with van der Waals surface area (Å²) in [4.78, 5) is 0. The maximum atomic E-state index is 12.6. The molecule has 4 aliphatic rings. The molecular weight excluding hydrogens is 446 g/mol. The van der Waals surface area contributed by atoms with E-state index in [4.69, 9.17) is 14.2 Å². The van der Waals surface area contributed by atoms with Crippen LogP contribution in [0.15, 0.2) is 12.2 Å². The van der Waals surface area contributed by atoms with Crippen molar-refractivity contribution in [1.82, 2.24) is 0 Å². The fraction of sp³-hybridized carbons (Fsp3) is 0.933. The highest BCUT2D eigenvalue weighted by Gasteiger charge is 2.37. The lowest BCUT2D eigenvalue weighted by molar-refractivity contribution is -0.326. The van der Waals surface area contributed by atoms with Crippen molar-refractivity contribution >= 4 is 0 Å². The molecule has 5 heteroatoms. The van der Waals surface area contributed by atoms with Gasteiger partial charge in [0.05, 0.1) is 19.8 Å². The van der Waals surface area contributed by atoms with Gasteiger partial charge in [-0.2, -0.15) is 8.78 Å². The topological polar surface area (TPSA) is 27.7 Å². The van der Waals surface area contributed by atoms with Crippen molar-refractivity contribution in [1.29, 1.82) is 0 Å². The first-order valence-corrected chi connectivity index (χ1v) is 15.0. The number of ether oxygens (including phenoxy) is 3. The Bertz CT molecular complexity index is 605. The van der Waals surface area contributed by atoms with Gasteiger partial charge in [-0.05, 0) is 125 Å². The van der Waals surface area contributed by atoms with Gasteiger partial charge in [-0.1, -0.05) is 26.2 Å². The molecule has 0 spiro atoms. The Morgan fingerprint density at radius 2 is 1.11 bits per heavy atom. The highest BCUT2D eigenvalue weighted by atomic mass is 19.3. The van der Waals surface area contributed by atoms with Gasteiger partial charge in [-0.25, -0.2) is 0 Å². The van der Waals surface area contributed by atoms with Gasteiger partial charge in [-0.15, -0.1) is 0 Å². The zero-order valence-corrected chi connectivity index (χ0v) is 22.1. The summed E-state index contributed by atoms with van der Waals surface area (Å²) in [6, 6.07) is 0. The summed E-state index contributed by atoms with van der Waals surface area (Å²) in [5.41, 5.74) is 0. The van der Waals surface area contributed by atoms with Gasteiger partial charge in [0.25, 0.3) is 12.6 Å². The maximum Gasteiger partial charge on any atom is 0.271 e. The minimum absolute atomic E-state index is 0.122. The van der Waals surface area contributed by atoms with Gasteiger partial charge in [0.2, 0.25) is 0 Å². The summed E-state index contributed by atoms with van der Waals surface area (Å²) in [6.07, 6.45) is 19.7. The van der Waals surface area contributed by atoms with E-state index < -0.39 is 12.6 Å². The van der Waals surface area contributed by atoms with Crippen LogP contribution >= 0.6 is 0 Å². The lowest BCUT2D eigenvalue weighted by Crippen LogP contribution is -2.39. The number of unbranched alkanes of at least 4 members (excludes halogenated alkanes) is 3. The SMILES string of the molecule is CCCCCCOC1OCC(C2CCC(C3CCC(C4CCC(C=C(F)F)CC4)CC3)CC2)CO1. The number of hydrogen-bond acceptors (Lipinski definition) is 3. The summed E-state index contributed by atoms with van der Waals surface area (Å²) < 4.78 is 42.7. The predicted octanol–water partition coefficient (Wildman–Crippen LogP) is 8.73. The lowest BCUT2D eigenvalue weighted by Gasteiger charge is -2.42. The van der Waals surface area contributed by atoms with Crippen LogP contribution in [0.2, 0.25) is 0 Å². The van der Waals surface area contributed by atoms with Crippen molar-refractivity contribution < 1.29 is 23.0 Å². The van der Waals surface area contributed by atoms with E-state index in [1.807, 2.05) is 0 Å². The van der Waals surface area contributed by atoms with E-state index in [-0.39, 0.29) is 5.92 Å². The van der Waals surface area contributed by atoms with Gasteiger partial charge >= 0.3 is 0 Å². The third-order valence-electron chi connectivity index (χ3n) is 9.96. The van der Waals surface area contributed by atoms with Crippen LogP contribution in [0.5, 0.6) is 0 Å². The molecule has 0 aromatic heterocycles. The Kier molecular flexibility index (Phi) is 11.3. The van der Waals surface area contributed by atoms with Gasteiger partial charge in [0.15, 0.2) is 0 Å². The second-order valence-electron chi connectivity index (χ2n) is 12.1. The van der Waals surface area contributed by atoms with Crippen molar-refractivity contribution in [3.8, 4) is 0 Å². The lowest BCUT2D eigenvalue weighted by atomic mass is 9.64. The average Bonchev–Trinajstić information content (AvgIpc) is 2.89. The monoisotopic (exact) mass is 496 g/mol. The smallest absolute Gasteiger partial charge is 0.271 e. The van der Waals surface area contributed by atoms with Gasteiger partial charge in [0.1, 0.15) is 0 Å². The zero-order chi connectivity index (χ0) is 24.5. The van der Waals surface area contributed by atoms with E-state index in [2.05, 4.69) is 6.92 Å². The molecule has 0 N–H and O–H groups in total. The van der Waals surface area contributed by atoms with Crippen LogP contribution in [0.3, 0.4) is 0 Å².